The van der Waals surface area contributed by atoms with E-state index in [2.05, 4.69) is 15.6 Å². The predicted octanol–water partition coefficient (Wildman–Crippen LogP) is 4.05. The highest BCUT2D eigenvalue weighted by molar-refractivity contribution is 8.02. The van der Waals surface area contributed by atoms with E-state index >= 15 is 0 Å². The number of carbonyl (C=O) groups excluding carboxylic acids is 2. The number of nitrogens with zero attached hydrogens (tertiary/aromatic N) is 1. The fourth-order valence-corrected chi connectivity index (χ4v) is 4.71. The number of aryl methyl sites for hydroxylation is 1. The molecule has 1 aliphatic heterocycles. The molecule has 0 aliphatic carbocycles. The number of aromatic nitrogens is 1. The van der Waals surface area contributed by atoms with Gasteiger partial charge in [0.2, 0.25) is 5.91 Å². The highest BCUT2D eigenvalue weighted by Gasteiger charge is 2.46. The van der Waals surface area contributed by atoms with Gasteiger partial charge < -0.3 is 10.6 Å². The van der Waals surface area contributed by atoms with E-state index in [1.165, 1.54) is 23.1 Å². The second kappa shape index (κ2) is 5.86. The van der Waals surface area contributed by atoms with Crippen LogP contribution in [0.4, 0.5) is 10.8 Å². The van der Waals surface area contributed by atoms with Crippen molar-refractivity contribution in [3.8, 4) is 0 Å². The van der Waals surface area contributed by atoms with E-state index in [0.29, 0.717) is 5.13 Å². The summed E-state index contributed by atoms with van der Waals surface area (Å²) < 4.78 is -0.243. The molecule has 3 aromatic rings. The van der Waals surface area contributed by atoms with Crippen LogP contribution in [0.3, 0.4) is 0 Å². The van der Waals surface area contributed by atoms with Gasteiger partial charge in [-0.3, -0.25) is 9.59 Å². The molecule has 0 radical (unpaired) electrons. The smallest absolute Gasteiger partial charge is 0.252 e. The van der Waals surface area contributed by atoms with Crippen molar-refractivity contribution in [3.63, 3.8) is 0 Å². The average Bonchev–Trinajstić information content (AvgIpc) is 3.00. The number of thiazole rings is 1. The summed E-state index contributed by atoms with van der Waals surface area (Å²) in [6.07, 6.45) is 0. The minimum atomic E-state index is -1.25. The molecule has 25 heavy (non-hydrogen) atoms. The highest BCUT2D eigenvalue weighted by Crippen LogP contribution is 2.43. The van der Waals surface area contributed by atoms with Crippen molar-refractivity contribution in [2.75, 3.05) is 10.6 Å². The summed E-state index contributed by atoms with van der Waals surface area (Å²) in [4.78, 5) is 30.7. The molecule has 2 N–H and O–H groups in total. The zero-order chi connectivity index (χ0) is 17.6. The molecular formula is C18H15N3O2S2. The van der Waals surface area contributed by atoms with Crippen LogP contribution in [0.5, 0.6) is 0 Å². The normalized spacial score (nSPS) is 19.4. The summed E-state index contributed by atoms with van der Waals surface area (Å²) in [6.45, 7) is 3.62. The molecule has 0 saturated heterocycles. The first kappa shape index (κ1) is 16.1. The molecule has 1 unspecified atom stereocenters. The summed E-state index contributed by atoms with van der Waals surface area (Å²) in [5.41, 5.74) is 2.66. The van der Waals surface area contributed by atoms with Crippen molar-refractivity contribution in [2.24, 2.45) is 0 Å². The van der Waals surface area contributed by atoms with Gasteiger partial charge in [-0.2, -0.15) is 0 Å². The summed E-state index contributed by atoms with van der Waals surface area (Å²) in [6, 6.07) is 13.4. The van der Waals surface area contributed by atoms with Crippen LogP contribution in [0.15, 0.2) is 47.4 Å². The first-order valence-electron chi connectivity index (χ1n) is 7.74. The Bertz CT molecular complexity index is 1010. The predicted molar refractivity (Wildman–Crippen MR) is 102 cm³/mol. The number of hydrogen-bond donors (Lipinski definition) is 2. The van der Waals surface area contributed by atoms with Gasteiger partial charge in [0.25, 0.3) is 5.91 Å². The molecule has 4 rings (SSSR count). The molecule has 7 heteroatoms. The number of benzene rings is 2. The van der Waals surface area contributed by atoms with E-state index in [1.54, 1.807) is 6.92 Å². The Morgan fingerprint density at radius 1 is 1.20 bits per heavy atom. The molecule has 2 heterocycles. The van der Waals surface area contributed by atoms with E-state index in [9.17, 15) is 9.59 Å². The van der Waals surface area contributed by atoms with Crippen molar-refractivity contribution in [1.82, 2.24) is 4.98 Å². The van der Waals surface area contributed by atoms with Crippen LogP contribution in [-0.4, -0.2) is 21.5 Å². The third kappa shape index (κ3) is 2.69. The highest BCUT2D eigenvalue weighted by atomic mass is 32.2. The standard InChI is InChI=1S/C18H15N3O2S2/c1-10-6-5-9-13-14(10)20-17(24-13)21-16(23)18(2)15(22)19-11-7-3-4-8-12(11)25-18/h3-9H,1-2H3,(H,19,22)(H,20,21,23). The first-order valence-corrected chi connectivity index (χ1v) is 9.38. The number of hydrogen-bond acceptors (Lipinski definition) is 5. The molecular weight excluding hydrogens is 354 g/mol. The SMILES string of the molecule is Cc1cccc2sc(NC(=O)C3(C)Sc4ccccc4NC3=O)nc12. The van der Waals surface area contributed by atoms with Crippen LogP contribution >= 0.6 is 23.1 Å². The van der Waals surface area contributed by atoms with Crippen molar-refractivity contribution in [2.45, 2.75) is 23.5 Å². The number of carbonyl (C=O) groups is 2. The second-order valence-corrected chi connectivity index (χ2v) is 8.47. The van der Waals surface area contributed by atoms with Crippen LogP contribution in [0.1, 0.15) is 12.5 Å². The quantitative estimate of drug-likeness (QED) is 0.669. The van der Waals surface area contributed by atoms with Crippen LogP contribution < -0.4 is 10.6 Å². The lowest BCUT2D eigenvalue weighted by Crippen LogP contribution is -2.49. The van der Waals surface area contributed by atoms with Gasteiger partial charge in [-0.1, -0.05) is 47.4 Å². The second-order valence-electron chi connectivity index (χ2n) is 5.98. The molecule has 126 valence electrons. The fourth-order valence-electron chi connectivity index (χ4n) is 2.67. The molecule has 1 aromatic heterocycles. The van der Waals surface area contributed by atoms with Gasteiger partial charge in [0.05, 0.1) is 15.9 Å². The largest absolute Gasteiger partial charge is 0.323 e. The van der Waals surface area contributed by atoms with E-state index in [1.807, 2.05) is 49.4 Å². The zero-order valence-electron chi connectivity index (χ0n) is 13.6. The van der Waals surface area contributed by atoms with Crippen LogP contribution in [0.25, 0.3) is 10.2 Å². The number of para-hydroxylation sites is 2. The summed E-state index contributed by atoms with van der Waals surface area (Å²) in [7, 11) is 0. The fraction of sp³-hybridized carbons (Fsp3) is 0.167. The Labute approximate surface area is 152 Å². The van der Waals surface area contributed by atoms with Crippen molar-refractivity contribution >= 4 is 55.9 Å². The number of rotatable bonds is 2. The van der Waals surface area contributed by atoms with Gasteiger partial charge >= 0.3 is 0 Å². The van der Waals surface area contributed by atoms with Gasteiger partial charge in [-0.05, 0) is 37.6 Å². The van der Waals surface area contributed by atoms with Crippen molar-refractivity contribution < 1.29 is 9.59 Å². The van der Waals surface area contributed by atoms with Gasteiger partial charge in [0.15, 0.2) is 9.88 Å². The third-order valence-corrected chi connectivity index (χ3v) is 6.45. The van der Waals surface area contributed by atoms with E-state index in [4.69, 9.17) is 0 Å². The Morgan fingerprint density at radius 3 is 2.80 bits per heavy atom. The van der Waals surface area contributed by atoms with Crippen LogP contribution in [0, 0.1) is 6.92 Å². The number of anilines is 2. The lowest BCUT2D eigenvalue weighted by atomic mass is 10.1. The molecule has 0 saturated carbocycles. The van der Waals surface area contributed by atoms with Gasteiger partial charge in [0.1, 0.15) is 0 Å². The average molecular weight is 369 g/mol. The lowest BCUT2D eigenvalue weighted by molar-refractivity contribution is -0.126. The third-order valence-electron chi connectivity index (χ3n) is 4.16. The summed E-state index contributed by atoms with van der Waals surface area (Å²) in [5.74, 6) is -0.702. The van der Waals surface area contributed by atoms with Crippen LogP contribution in [-0.2, 0) is 9.59 Å². The molecule has 0 bridgehead atoms. The molecule has 0 fully saturated rings. The Balaban J connectivity index is 1.63. The summed E-state index contributed by atoms with van der Waals surface area (Å²) in [5, 5.41) is 6.13. The molecule has 0 spiro atoms. The molecule has 2 amide bonds. The van der Waals surface area contributed by atoms with E-state index in [-0.39, 0.29) is 11.8 Å². The summed E-state index contributed by atoms with van der Waals surface area (Å²) >= 11 is 2.66. The van der Waals surface area contributed by atoms with E-state index < -0.39 is 4.75 Å². The molecule has 1 aliphatic rings. The minimum Gasteiger partial charge on any atom is -0.323 e. The van der Waals surface area contributed by atoms with E-state index in [0.717, 1.165) is 26.4 Å². The lowest BCUT2D eigenvalue weighted by Gasteiger charge is -2.31. The molecule has 2 aromatic carbocycles. The van der Waals surface area contributed by atoms with Crippen molar-refractivity contribution in [3.05, 3.63) is 48.0 Å². The Morgan fingerprint density at radius 2 is 2.00 bits per heavy atom. The maximum atomic E-state index is 12.8. The number of fused-ring (bicyclic) bond motifs is 2. The topological polar surface area (TPSA) is 71.1 Å². The van der Waals surface area contributed by atoms with Gasteiger partial charge in [-0.25, -0.2) is 4.98 Å². The zero-order valence-corrected chi connectivity index (χ0v) is 15.3. The Kier molecular flexibility index (Phi) is 3.77. The molecule has 5 nitrogen and oxygen atoms in total. The van der Waals surface area contributed by atoms with Gasteiger partial charge in [0, 0.05) is 4.90 Å². The number of thioether (sulfide) groups is 1. The first-order chi connectivity index (χ1) is 12.0. The van der Waals surface area contributed by atoms with Crippen LogP contribution in [0.2, 0.25) is 0 Å². The van der Waals surface area contributed by atoms with Gasteiger partial charge in [-0.15, -0.1) is 0 Å². The number of nitrogens with one attached hydrogen (secondary N) is 2. The maximum absolute atomic E-state index is 12.8. The Hall–Kier alpha value is -2.38. The monoisotopic (exact) mass is 369 g/mol. The van der Waals surface area contributed by atoms with Crippen molar-refractivity contribution in [1.29, 1.82) is 0 Å². The molecule has 1 atom stereocenters. The number of amides is 2. The maximum Gasteiger partial charge on any atom is 0.252 e. The minimum absolute atomic E-state index is 0.328.